The molecule has 0 spiro atoms. The molecular formula is C30H24F2N6O6. The average Bonchev–Trinajstić information content (AvgIpc) is 3.66. The van der Waals surface area contributed by atoms with Crippen LogP contribution in [0.3, 0.4) is 0 Å². The fourth-order valence-electron chi connectivity index (χ4n) is 4.85. The molecule has 1 saturated heterocycles. The number of ether oxygens (including phenoxy) is 2. The van der Waals surface area contributed by atoms with E-state index in [4.69, 9.17) is 9.47 Å². The Kier molecular flexibility index (Phi) is 7.39. The highest BCUT2D eigenvalue weighted by molar-refractivity contribution is 5.95. The van der Waals surface area contributed by atoms with Gasteiger partial charge in [0.05, 0.1) is 30.0 Å². The molecule has 5 aromatic rings. The van der Waals surface area contributed by atoms with Crippen LogP contribution in [0.15, 0.2) is 82.8 Å². The van der Waals surface area contributed by atoms with Crippen molar-refractivity contribution < 1.29 is 27.8 Å². The molecule has 2 aromatic carbocycles. The number of hydrogen-bond acceptors (Lipinski definition) is 7. The second-order valence-corrected chi connectivity index (χ2v) is 9.81. The number of amides is 2. The lowest BCUT2D eigenvalue weighted by atomic mass is 10.2. The Morgan fingerprint density at radius 2 is 1.75 bits per heavy atom. The van der Waals surface area contributed by atoms with Gasteiger partial charge in [-0.25, -0.2) is 27.5 Å². The van der Waals surface area contributed by atoms with Crippen molar-refractivity contribution in [3.8, 4) is 22.9 Å². The van der Waals surface area contributed by atoms with Crippen molar-refractivity contribution >= 4 is 28.9 Å². The summed E-state index contributed by atoms with van der Waals surface area (Å²) in [5, 5.41) is 6.56. The fourth-order valence-corrected chi connectivity index (χ4v) is 4.85. The summed E-state index contributed by atoms with van der Waals surface area (Å²) < 4.78 is 43.1. The van der Waals surface area contributed by atoms with E-state index in [1.165, 1.54) is 28.8 Å². The normalized spacial score (nSPS) is 13.0. The maximum Gasteiger partial charge on any atom is 0.417 e. The predicted octanol–water partition coefficient (Wildman–Crippen LogP) is 4.48. The van der Waals surface area contributed by atoms with Crippen LogP contribution in [0.2, 0.25) is 0 Å². The lowest BCUT2D eigenvalue weighted by molar-refractivity contribution is -0.117. The smallest absolute Gasteiger partial charge is 0.417 e. The van der Waals surface area contributed by atoms with E-state index in [1.54, 1.807) is 36.4 Å². The average molecular weight is 603 g/mol. The Morgan fingerprint density at radius 3 is 2.45 bits per heavy atom. The van der Waals surface area contributed by atoms with Crippen LogP contribution < -0.4 is 30.9 Å². The number of nitrogens with one attached hydrogen (secondary N) is 1. The van der Waals surface area contributed by atoms with Crippen molar-refractivity contribution in [2.45, 2.75) is 26.3 Å². The number of anilines is 2. The van der Waals surface area contributed by atoms with Crippen molar-refractivity contribution in [3.05, 3.63) is 106 Å². The van der Waals surface area contributed by atoms with Crippen LogP contribution in [0.4, 0.5) is 25.0 Å². The third-order valence-electron chi connectivity index (χ3n) is 6.99. The first-order valence-electron chi connectivity index (χ1n) is 13.6. The van der Waals surface area contributed by atoms with E-state index >= 15 is 4.39 Å². The summed E-state index contributed by atoms with van der Waals surface area (Å²) in [7, 11) is 0. The molecule has 1 fully saturated rings. The van der Waals surface area contributed by atoms with Crippen LogP contribution in [0.25, 0.3) is 11.2 Å². The molecule has 2 amide bonds. The molecule has 3 aromatic heterocycles. The molecule has 0 saturated carbocycles. The molecule has 4 heterocycles. The van der Waals surface area contributed by atoms with Crippen LogP contribution >= 0.6 is 0 Å². The maximum atomic E-state index is 15.2. The molecule has 1 aliphatic heterocycles. The van der Waals surface area contributed by atoms with Gasteiger partial charge in [0.1, 0.15) is 11.3 Å². The van der Waals surface area contributed by atoms with E-state index < -0.39 is 34.7 Å². The summed E-state index contributed by atoms with van der Waals surface area (Å²) in [6.07, 6.45) is 4.38. The van der Waals surface area contributed by atoms with Crippen LogP contribution in [-0.4, -0.2) is 37.3 Å². The molecule has 44 heavy (non-hydrogen) atoms. The Balaban J connectivity index is 1.22. The zero-order valence-corrected chi connectivity index (χ0v) is 23.2. The number of halogens is 2. The van der Waals surface area contributed by atoms with Crippen LogP contribution in [-0.2, 0) is 11.3 Å². The molecule has 0 bridgehead atoms. The van der Waals surface area contributed by atoms with Gasteiger partial charge in [0, 0.05) is 37.3 Å². The zero-order chi connectivity index (χ0) is 31.0. The second-order valence-electron chi connectivity index (χ2n) is 9.81. The molecule has 224 valence electrons. The Morgan fingerprint density at radius 1 is 0.955 bits per heavy atom. The third-order valence-corrected chi connectivity index (χ3v) is 6.99. The van der Waals surface area contributed by atoms with Gasteiger partial charge in [-0.1, -0.05) is 0 Å². The molecule has 0 unspecified atom stereocenters. The molecule has 0 radical (unpaired) electrons. The van der Waals surface area contributed by atoms with Gasteiger partial charge in [-0.2, -0.15) is 5.10 Å². The van der Waals surface area contributed by atoms with Crippen LogP contribution in [0.1, 0.15) is 19.8 Å². The van der Waals surface area contributed by atoms with Crippen LogP contribution in [0.5, 0.6) is 17.2 Å². The Labute approximate surface area is 247 Å². The van der Waals surface area contributed by atoms with Gasteiger partial charge in [0.25, 0.3) is 0 Å². The summed E-state index contributed by atoms with van der Waals surface area (Å²) in [4.78, 5) is 52.4. The number of benzene rings is 2. The van der Waals surface area contributed by atoms with E-state index in [9.17, 15) is 23.6 Å². The minimum Gasteiger partial charge on any atom is -0.452 e. The number of carbonyl (C=O) groups excluding carboxylic acids is 2. The van der Waals surface area contributed by atoms with E-state index in [-0.39, 0.29) is 35.3 Å². The summed E-state index contributed by atoms with van der Waals surface area (Å²) in [5.41, 5.74) is -0.467. The number of nitrogens with zero attached hydrogens (tertiary/aromatic N) is 5. The molecule has 0 atom stereocenters. The van der Waals surface area contributed by atoms with Crippen molar-refractivity contribution in [2.75, 3.05) is 16.8 Å². The van der Waals surface area contributed by atoms with Gasteiger partial charge >= 0.3 is 17.3 Å². The van der Waals surface area contributed by atoms with E-state index in [2.05, 4.69) is 10.4 Å². The Hall–Kier alpha value is -5.79. The van der Waals surface area contributed by atoms with E-state index in [0.717, 1.165) is 40.0 Å². The van der Waals surface area contributed by atoms with Crippen molar-refractivity contribution in [3.63, 3.8) is 0 Å². The van der Waals surface area contributed by atoms with Crippen molar-refractivity contribution in [2.24, 2.45) is 0 Å². The fraction of sp³-hybridized carbons (Fsp3) is 0.167. The number of hydrogen-bond donors (Lipinski definition) is 1. The molecule has 6 rings (SSSR count). The summed E-state index contributed by atoms with van der Waals surface area (Å²) in [6.45, 7) is 2.35. The zero-order valence-electron chi connectivity index (χ0n) is 23.2. The summed E-state index contributed by atoms with van der Waals surface area (Å²) in [6, 6.07) is 11.6. The van der Waals surface area contributed by atoms with Crippen molar-refractivity contribution in [1.29, 1.82) is 0 Å². The van der Waals surface area contributed by atoms with Gasteiger partial charge in [0.2, 0.25) is 11.7 Å². The monoisotopic (exact) mass is 602 g/mol. The van der Waals surface area contributed by atoms with E-state index in [0.29, 0.717) is 24.2 Å². The number of carbonyl (C=O) groups is 2. The topological polar surface area (TPSA) is 129 Å². The largest absolute Gasteiger partial charge is 0.452 e. The Bertz CT molecular complexity index is 2040. The molecule has 1 aliphatic rings. The molecule has 14 heteroatoms. The standard InChI is InChI=1S/C30H24F2N6O6/c1-2-35-17-26(28(40)38(30(35)42)20-8-5-18(31)6-9-20)44-29(41)34-19-7-10-24(22(32)14-19)43-25-15-21(36-13-3-4-27(36)39)16-37-23(25)11-12-33-37/h5-12,14-17H,2-4,13H2,1H3,(H,34,41). The highest BCUT2D eigenvalue weighted by atomic mass is 19.1. The summed E-state index contributed by atoms with van der Waals surface area (Å²) in [5.74, 6) is -1.78. The molecule has 0 aliphatic carbocycles. The quantitative estimate of drug-likeness (QED) is 0.291. The summed E-state index contributed by atoms with van der Waals surface area (Å²) >= 11 is 0. The van der Waals surface area contributed by atoms with Gasteiger partial charge < -0.3 is 14.4 Å². The van der Waals surface area contributed by atoms with Gasteiger partial charge in [-0.15, -0.1) is 0 Å². The predicted molar refractivity (Wildman–Crippen MR) is 155 cm³/mol. The first-order valence-corrected chi connectivity index (χ1v) is 13.6. The maximum absolute atomic E-state index is 15.2. The SMILES string of the molecule is CCn1cc(OC(=O)Nc2ccc(Oc3cc(N4CCCC4=O)cn4nccc34)c(F)c2)c(=O)n(-c2ccc(F)cc2)c1=O. The van der Waals surface area contributed by atoms with Gasteiger partial charge in [-0.05, 0) is 55.8 Å². The molecule has 12 nitrogen and oxygen atoms in total. The lowest BCUT2D eigenvalue weighted by Gasteiger charge is -2.18. The second kappa shape index (κ2) is 11.5. The van der Waals surface area contributed by atoms with Gasteiger partial charge in [-0.3, -0.25) is 19.5 Å². The number of fused-ring (bicyclic) bond motifs is 1. The molecular weight excluding hydrogens is 578 g/mol. The van der Waals surface area contributed by atoms with E-state index in [1.807, 2.05) is 0 Å². The highest BCUT2D eigenvalue weighted by Gasteiger charge is 2.24. The minimum absolute atomic E-state index is 0.00608. The number of rotatable bonds is 7. The minimum atomic E-state index is -1.12. The number of pyridine rings is 1. The first-order chi connectivity index (χ1) is 21.2. The molecule has 1 N–H and O–H groups in total. The van der Waals surface area contributed by atoms with Crippen LogP contribution in [0, 0.1) is 11.6 Å². The number of aromatic nitrogens is 4. The van der Waals surface area contributed by atoms with Crippen molar-refractivity contribution in [1.82, 2.24) is 18.7 Å². The highest BCUT2D eigenvalue weighted by Crippen LogP contribution is 2.34. The first kappa shape index (κ1) is 28.3. The third kappa shape index (κ3) is 5.40. The van der Waals surface area contributed by atoms with Gasteiger partial charge in [0.15, 0.2) is 17.3 Å². The lowest BCUT2D eigenvalue weighted by Crippen LogP contribution is -2.39. The number of aryl methyl sites for hydroxylation is 1.